The first kappa shape index (κ1) is 11.9. The number of hydrogen-bond acceptors (Lipinski definition) is 3. The molecule has 2 aliphatic heterocycles. The summed E-state index contributed by atoms with van der Waals surface area (Å²) in [7, 11) is 0. The minimum absolute atomic E-state index is 0.195. The van der Waals surface area contributed by atoms with Crippen LogP contribution in [0.2, 0.25) is 0 Å². The minimum Gasteiger partial charge on any atom is -0.481 e. The molecular weight excluding hydrogens is 206 g/mol. The van der Waals surface area contributed by atoms with Crippen LogP contribution in [-0.4, -0.2) is 48.3 Å². The van der Waals surface area contributed by atoms with Crippen molar-refractivity contribution in [2.45, 2.75) is 32.3 Å². The van der Waals surface area contributed by atoms with E-state index in [1.165, 1.54) is 12.8 Å². The maximum Gasteiger partial charge on any atom is 0.306 e. The normalized spacial score (nSPS) is 28.9. The van der Waals surface area contributed by atoms with E-state index in [1.807, 2.05) is 6.92 Å². The third-order valence-corrected chi connectivity index (χ3v) is 3.87. The van der Waals surface area contributed by atoms with Gasteiger partial charge < -0.3 is 14.7 Å². The molecule has 0 amide bonds. The average molecular weight is 227 g/mol. The first-order valence-electron chi connectivity index (χ1n) is 6.23. The standard InChI is InChI=1S/C12H21NO3/c1-9(12(14)15)10-7-13(8-10)5-4-11-3-2-6-16-11/h9-11H,2-8H2,1H3,(H,14,15). The lowest BCUT2D eigenvalue weighted by Crippen LogP contribution is -2.51. The number of ether oxygens (including phenoxy) is 1. The molecule has 16 heavy (non-hydrogen) atoms. The SMILES string of the molecule is CC(C(=O)O)C1CN(CCC2CCCO2)C1. The summed E-state index contributed by atoms with van der Waals surface area (Å²) in [4.78, 5) is 13.1. The molecule has 2 fully saturated rings. The van der Waals surface area contributed by atoms with Crippen molar-refractivity contribution < 1.29 is 14.6 Å². The summed E-state index contributed by atoms with van der Waals surface area (Å²) in [5.41, 5.74) is 0. The van der Waals surface area contributed by atoms with Crippen LogP contribution in [0.15, 0.2) is 0 Å². The zero-order valence-electron chi connectivity index (χ0n) is 9.89. The number of hydrogen-bond donors (Lipinski definition) is 1. The summed E-state index contributed by atoms with van der Waals surface area (Å²) in [6.07, 6.45) is 3.95. The molecule has 2 saturated heterocycles. The van der Waals surface area contributed by atoms with Gasteiger partial charge in [-0.25, -0.2) is 0 Å². The van der Waals surface area contributed by atoms with Crippen LogP contribution in [0.1, 0.15) is 26.2 Å². The Morgan fingerprint density at radius 2 is 2.31 bits per heavy atom. The molecule has 2 rings (SSSR count). The van der Waals surface area contributed by atoms with Gasteiger partial charge >= 0.3 is 5.97 Å². The third kappa shape index (κ3) is 2.74. The fraction of sp³-hybridized carbons (Fsp3) is 0.917. The van der Waals surface area contributed by atoms with Gasteiger partial charge in [-0.2, -0.15) is 0 Å². The summed E-state index contributed by atoms with van der Waals surface area (Å²) >= 11 is 0. The lowest BCUT2D eigenvalue weighted by Gasteiger charge is -2.41. The van der Waals surface area contributed by atoms with Crippen molar-refractivity contribution in [2.75, 3.05) is 26.2 Å². The van der Waals surface area contributed by atoms with Gasteiger partial charge in [0.25, 0.3) is 0 Å². The van der Waals surface area contributed by atoms with E-state index in [-0.39, 0.29) is 5.92 Å². The second-order valence-electron chi connectivity index (χ2n) is 5.07. The smallest absolute Gasteiger partial charge is 0.306 e. The lowest BCUT2D eigenvalue weighted by molar-refractivity contribution is -0.145. The summed E-state index contributed by atoms with van der Waals surface area (Å²) in [6, 6.07) is 0. The molecule has 0 aromatic carbocycles. The van der Waals surface area contributed by atoms with E-state index in [9.17, 15) is 4.79 Å². The first-order valence-corrected chi connectivity index (χ1v) is 6.23. The number of carboxylic acids is 1. The molecule has 2 heterocycles. The highest BCUT2D eigenvalue weighted by molar-refractivity contribution is 5.70. The van der Waals surface area contributed by atoms with Gasteiger partial charge in [0.1, 0.15) is 0 Å². The second-order valence-corrected chi connectivity index (χ2v) is 5.07. The number of carboxylic acid groups (broad SMARTS) is 1. The van der Waals surface area contributed by atoms with Gasteiger partial charge in [0, 0.05) is 26.2 Å². The Morgan fingerprint density at radius 3 is 2.88 bits per heavy atom. The molecule has 4 heteroatoms. The lowest BCUT2D eigenvalue weighted by atomic mass is 9.87. The first-order chi connectivity index (χ1) is 7.66. The van der Waals surface area contributed by atoms with Gasteiger partial charge in [-0.3, -0.25) is 4.79 Å². The quantitative estimate of drug-likeness (QED) is 0.767. The molecule has 1 N–H and O–H groups in total. The van der Waals surface area contributed by atoms with Crippen LogP contribution in [0.25, 0.3) is 0 Å². The van der Waals surface area contributed by atoms with Crippen LogP contribution in [0, 0.1) is 11.8 Å². The highest BCUT2D eigenvalue weighted by Gasteiger charge is 2.34. The van der Waals surface area contributed by atoms with Crippen molar-refractivity contribution in [2.24, 2.45) is 11.8 Å². The molecule has 2 atom stereocenters. The molecular formula is C12H21NO3. The van der Waals surface area contributed by atoms with Gasteiger partial charge in [0.05, 0.1) is 12.0 Å². The topological polar surface area (TPSA) is 49.8 Å². The molecule has 0 aliphatic carbocycles. The Hall–Kier alpha value is -0.610. The Kier molecular flexibility index (Phi) is 3.82. The Labute approximate surface area is 96.6 Å². The van der Waals surface area contributed by atoms with E-state index >= 15 is 0 Å². The number of carbonyl (C=O) groups is 1. The Balaban J connectivity index is 1.59. The van der Waals surface area contributed by atoms with Crippen molar-refractivity contribution in [3.63, 3.8) is 0 Å². The van der Waals surface area contributed by atoms with E-state index in [4.69, 9.17) is 9.84 Å². The summed E-state index contributed by atoms with van der Waals surface area (Å²) in [5.74, 6) is -0.509. The predicted octanol–water partition coefficient (Wildman–Crippen LogP) is 1.21. The third-order valence-electron chi connectivity index (χ3n) is 3.87. The molecule has 92 valence electrons. The van der Waals surface area contributed by atoms with E-state index in [0.29, 0.717) is 12.0 Å². The number of nitrogens with zero attached hydrogens (tertiary/aromatic N) is 1. The molecule has 0 radical (unpaired) electrons. The maximum atomic E-state index is 10.8. The number of likely N-dealkylation sites (tertiary alicyclic amines) is 1. The Bertz CT molecular complexity index is 245. The molecule has 0 spiro atoms. The molecule has 0 aromatic heterocycles. The highest BCUT2D eigenvalue weighted by atomic mass is 16.5. The summed E-state index contributed by atoms with van der Waals surface area (Å²) in [6.45, 7) is 5.68. The fourth-order valence-electron chi connectivity index (χ4n) is 2.51. The van der Waals surface area contributed by atoms with Crippen molar-refractivity contribution in [1.29, 1.82) is 0 Å². The minimum atomic E-state index is -0.663. The molecule has 2 aliphatic rings. The second kappa shape index (κ2) is 5.15. The van der Waals surface area contributed by atoms with Crippen molar-refractivity contribution in [1.82, 2.24) is 4.90 Å². The molecule has 0 saturated carbocycles. The van der Waals surface area contributed by atoms with E-state index in [1.54, 1.807) is 0 Å². The van der Waals surface area contributed by atoms with E-state index < -0.39 is 5.97 Å². The van der Waals surface area contributed by atoms with E-state index in [2.05, 4.69) is 4.90 Å². The van der Waals surface area contributed by atoms with Crippen LogP contribution in [0.5, 0.6) is 0 Å². The van der Waals surface area contributed by atoms with Gasteiger partial charge in [0.2, 0.25) is 0 Å². The zero-order valence-corrected chi connectivity index (χ0v) is 9.89. The maximum absolute atomic E-state index is 10.8. The monoisotopic (exact) mass is 227 g/mol. The van der Waals surface area contributed by atoms with Gasteiger partial charge in [-0.05, 0) is 25.2 Å². The highest BCUT2D eigenvalue weighted by Crippen LogP contribution is 2.25. The van der Waals surface area contributed by atoms with Crippen LogP contribution >= 0.6 is 0 Å². The van der Waals surface area contributed by atoms with Gasteiger partial charge in [-0.15, -0.1) is 0 Å². The summed E-state index contributed by atoms with van der Waals surface area (Å²) < 4.78 is 5.56. The largest absolute Gasteiger partial charge is 0.481 e. The van der Waals surface area contributed by atoms with Crippen molar-refractivity contribution >= 4 is 5.97 Å². The van der Waals surface area contributed by atoms with Gasteiger partial charge in [-0.1, -0.05) is 6.92 Å². The van der Waals surface area contributed by atoms with Crippen LogP contribution in [-0.2, 0) is 9.53 Å². The van der Waals surface area contributed by atoms with Crippen molar-refractivity contribution in [3.8, 4) is 0 Å². The van der Waals surface area contributed by atoms with E-state index in [0.717, 1.165) is 32.7 Å². The fourth-order valence-corrected chi connectivity index (χ4v) is 2.51. The van der Waals surface area contributed by atoms with Crippen molar-refractivity contribution in [3.05, 3.63) is 0 Å². The molecule has 2 unspecified atom stereocenters. The predicted molar refractivity (Wildman–Crippen MR) is 60.3 cm³/mol. The van der Waals surface area contributed by atoms with Crippen LogP contribution < -0.4 is 0 Å². The zero-order chi connectivity index (χ0) is 11.5. The van der Waals surface area contributed by atoms with Crippen LogP contribution in [0.4, 0.5) is 0 Å². The van der Waals surface area contributed by atoms with Crippen LogP contribution in [0.3, 0.4) is 0 Å². The molecule has 4 nitrogen and oxygen atoms in total. The average Bonchev–Trinajstić information content (AvgIpc) is 2.67. The summed E-state index contributed by atoms with van der Waals surface area (Å²) in [5, 5.41) is 8.87. The molecule has 0 aromatic rings. The molecule has 0 bridgehead atoms. The Morgan fingerprint density at radius 1 is 1.56 bits per heavy atom. The van der Waals surface area contributed by atoms with Gasteiger partial charge in [0.15, 0.2) is 0 Å². The number of aliphatic carboxylic acids is 1. The number of rotatable bonds is 5.